The van der Waals surface area contributed by atoms with Gasteiger partial charge in [-0.3, -0.25) is 4.79 Å². The first-order valence-corrected chi connectivity index (χ1v) is 7.60. The van der Waals surface area contributed by atoms with E-state index in [1.807, 2.05) is 0 Å². The van der Waals surface area contributed by atoms with Crippen LogP contribution in [0.15, 0.2) is 53.1 Å². The second-order valence-corrected chi connectivity index (χ2v) is 5.56. The zero-order chi connectivity index (χ0) is 19.6. The molecule has 9 heteroatoms. The van der Waals surface area contributed by atoms with Crippen LogP contribution in [0.25, 0.3) is 11.3 Å². The van der Waals surface area contributed by atoms with Gasteiger partial charge in [0.2, 0.25) is 0 Å². The van der Waals surface area contributed by atoms with Crippen molar-refractivity contribution < 1.29 is 31.3 Å². The van der Waals surface area contributed by atoms with E-state index in [2.05, 4.69) is 10.5 Å². The molecule has 0 spiro atoms. The number of nitrogens with one attached hydrogen (secondary N) is 1. The van der Waals surface area contributed by atoms with Gasteiger partial charge in [-0.25, -0.2) is 8.78 Å². The van der Waals surface area contributed by atoms with Gasteiger partial charge in [-0.05, 0) is 36.4 Å². The van der Waals surface area contributed by atoms with Gasteiger partial charge >= 0.3 is 6.18 Å². The topological polar surface area (TPSA) is 55.1 Å². The Morgan fingerprint density at radius 1 is 1.04 bits per heavy atom. The molecule has 1 amide bonds. The van der Waals surface area contributed by atoms with Crippen LogP contribution >= 0.6 is 0 Å². The van der Waals surface area contributed by atoms with Crippen LogP contribution in [0.5, 0.6) is 0 Å². The molecule has 1 heterocycles. The second kappa shape index (κ2) is 7.18. The third-order valence-electron chi connectivity index (χ3n) is 3.66. The van der Waals surface area contributed by atoms with Gasteiger partial charge in [0.05, 0.1) is 17.7 Å². The summed E-state index contributed by atoms with van der Waals surface area (Å²) < 4.78 is 69.2. The van der Waals surface area contributed by atoms with Crippen molar-refractivity contribution in [2.45, 2.75) is 12.7 Å². The molecule has 4 nitrogen and oxygen atoms in total. The lowest BCUT2D eigenvalue weighted by molar-refractivity contribution is -0.137. The minimum absolute atomic E-state index is 0.00390. The Morgan fingerprint density at radius 2 is 1.74 bits per heavy atom. The lowest BCUT2D eigenvalue weighted by Crippen LogP contribution is -2.23. The highest BCUT2D eigenvalue weighted by atomic mass is 19.4. The fraction of sp³-hybridized carbons (Fsp3) is 0.111. The maximum absolute atomic E-state index is 13.7. The van der Waals surface area contributed by atoms with Gasteiger partial charge < -0.3 is 9.84 Å². The van der Waals surface area contributed by atoms with Crippen LogP contribution in [0.2, 0.25) is 0 Å². The van der Waals surface area contributed by atoms with Crippen LogP contribution in [0.1, 0.15) is 21.6 Å². The molecule has 0 saturated carbocycles. The molecule has 0 aliphatic rings. The summed E-state index contributed by atoms with van der Waals surface area (Å²) in [6, 6.07) is 8.04. The normalized spacial score (nSPS) is 11.4. The summed E-state index contributed by atoms with van der Waals surface area (Å²) in [5.41, 5.74) is -0.559. The molecule has 0 unspecified atom stereocenters. The number of halogens is 5. The number of carbonyl (C=O) groups is 1. The zero-order valence-corrected chi connectivity index (χ0v) is 13.5. The minimum Gasteiger partial charge on any atom is -0.356 e. The molecule has 2 aromatic carbocycles. The molecule has 3 aromatic rings. The van der Waals surface area contributed by atoms with Crippen LogP contribution in [0, 0.1) is 11.6 Å². The van der Waals surface area contributed by atoms with Crippen LogP contribution in [0.3, 0.4) is 0 Å². The highest BCUT2D eigenvalue weighted by Crippen LogP contribution is 2.29. The Balaban J connectivity index is 1.65. The van der Waals surface area contributed by atoms with E-state index in [9.17, 15) is 26.7 Å². The van der Waals surface area contributed by atoms with Crippen LogP contribution in [-0.4, -0.2) is 11.1 Å². The largest absolute Gasteiger partial charge is 0.416 e. The average molecular weight is 382 g/mol. The molecule has 0 radical (unpaired) electrons. The third-order valence-corrected chi connectivity index (χ3v) is 3.66. The Morgan fingerprint density at radius 3 is 2.37 bits per heavy atom. The second-order valence-electron chi connectivity index (χ2n) is 5.56. The van der Waals surface area contributed by atoms with Crippen molar-refractivity contribution in [2.24, 2.45) is 0 Å². The van der Waals surface area contributed by atoms with Gasteiger partial charge in [0.25, 0.3) is 5.91 Å². The van der Waals surface area contributed by atoms with Crippen LogP contribution in [0.4, 0.5) is 22.0 Å². The Bertz CT molecular complexity index is 965. The van der Waals surface area contributed by atoms with Crippen molar-refractivity contribution in [1.29, 1.82) is 0 Å². The maximum Gasteiger partial charge on any atom is 0.416 e. The van der Waals surface area contributed by atoms with E-state index in [-0.39, 0.29) is 29.1 Å². The molecule has 27 heavy (non-hydrogen) atoms. The fourth-order valence-corrected chi connectivity index (χ4v) is 2.29. The summed E-state index contributed by atoms with van der Waals surface area (Å²) >= 11 is 0. The SMILES string of the molecule is O=C(NCc1cc(-c2ccc(F)cc2F)on1)c1ccc(C(F)(F)F)cc1. The van der Waals surface area contributed by atoms with Crippen molar-refractivity contribution >= 4 is 5.91 Å². The minimum atomic E-state index is -4.48. The van der Waals surface area contributed by atoms with E-state index < -0.39 is 29.3 Å². The van der Waals surface area contributed by atoms with Gasteiger partial charge in [0, 0.05) is 17.7 Å². The molecule has 140 valence electrons. The predicted octanol–water partition coefficient (Wildman–Crippen LogP) is 4.57. The third kappa shape index (κ3) is 4.30. The highest BCUT2D eigenvalue weighted by Gasteiger charge is 2.30. The van der Waals surface area contributed by atoms with Crippen molar-refractivity contribution in [3.8, 4) is 11.3 Å². The molecular formula is C18H11F5N2O2. The summed E-state index contributed by atoms with van der Waals surface area (Å²) in [5, 5.41) is 6.13. The first-order valence-electron chi connectivity index (χ1n) is 7.60. The molecule has 0 aliphatic heterocycles. The van der Waals surface area contributed by atoms with E-state index >= 15 is 0 Å². The van der Waals surface area contributed by atoms with E-state index in [0.717, 1.165) is 30.3 Å². The van der Waals surface area contributed by atoms with E-state index in [4.69, 9.17) is 4.52 Å². The summed E-state index contributed by atoms with van der Waals surface area (Å²) in [6.07, 6.45) is -4.48. The fourth-order valence-electron chi connectivity index (χ4n) is 2.29. The molecule has 0 atom stereocenters. The summed E-state index contributed by atoms with van der Waals surface area (Å²) in [7, 11) is 0. The van der Waals surface area contributed by atoms with Crippen LogP contribution in [-0.2, 0) is 12.7 Å². The molecular weight excluding hydrogens is 371 g/mol. The van der Waals surface area contributed by atoms with E-state index in [1.165, 1.54) is 12.1 Å². The van der Waals surface area contributed by atoms with E-state index in [0.29, 0.717) is 6.07 Å². The van der Waals surface area contributed by atoms with Gasteiger partial charge in [-0.15, -0.1) is 0 Å². The number of amides is 1. The number of rotatable bonds is 4. The average Bonchev–Trinajstić information content (AvgIpc) is 3.07. The number of benzene rings is 2. The van der Waals surface area contributed by atoms with Gasteiger partial charge in [-0.2, -0.15) is 13.2 Å². The summed E-state index contributed by atoms with van der Waals surface area (Å²) in [6.45, 7) is -0.0911. The molecule has 3 rings (SSSR count). The first kappa shape index (κ1) is 18.6. The number of hydrogen-bond donors (Lipinski definition) is 1. The number of alkyl halides is 3. The van der Waals surface area contributed by atoms with E-state index in [1.54, 1.807) is 0 Å². The highest BCUT2D eigenvalue weighted by molar-refractivity contribution is 5.94. The number of aromatic nitrogens is 1. The van der Waals surface area contributed by atoms with Gasteiger partial charge in [0.15, 0.2) is 5.76 Å². The maximum atomic E-state index is 13.7. The molecule has 1 N–H and O–H groups in total. The molecule has 0 aliphatic carbocycles. The first-order chi connectivity index (χ1) is 12.7. The monoisotopic (exact) mass is 382 g/mol. The Kier molecular flexibility index (Phi) is 4.93. The van der Waals surface area contributed by atoms with Gasteiger partial charge in [-0.1, -0.05) is 5.16 Å². The summed E-state index contributed by atoms with van der Waals surface area (Å²) in [4.78, 5) is 12.0. The van der Waals surface area contributed by atoms with Crippen LogP contribution < -0.4 is 5.32 Å². The number of nitrogens with zero attached hydrogens (tertiary/aromatic N) is 1. The number of hydrogen-bond acceptors (Lipinski definition) is 3. The Hall–Kier alpha value is -3.23. The molecule has 0 fully saturated rings. The summed E-state index contributed by atoms with van der Waals surface area (Å²) in [5.74, 6) is -2.13. The van der Waals surface area contributed by atoms with Crippen molar-refractivity contribution in [3.63, 3.8) is 0 Å². The lowest BCUT2D eigenvalue weighted by Gasteiger charge is -2.07. The lowest BCUT2D eigenvalue weighted by atomic mass is 10.1. The zero-order valence-electron chi connectivity index (χ0n) is 13.5. The van der Waals surface area contributed by atoms with Crippen molar-refractivity contribution in [1.82, 2.24) is 10.5 Å². The predicted molar refractivity (Wildman–Crippen MR) is 84.5 cm³/mol. The smallest absolute Gasteiger partial charge is 0.356 e. The number of carbonyl (C=O) groups excluding carboxylic acids is 1. The quantitative estimate of drug-likeness (QED) is 0.673. The molecule has 1 aromatic heterocycles. The Labute approximate surface area is 149 Å². The van der Waals surface area contributed by atoms with Gasteiger partial charge in [0.1, 0.15) is 17.3 Å². The van der Waals surface area contributed by atoms with Crippen molar-refractivity contribution in [3.05, 3.63) is 77.0 Å². The van der Waals surface area contributed by atoms with Crippen molar-refractivity contribution in [2.75, 3.05) is 0 Å². The molecule has 0 bridgehead atoms. The molecule has 0 saturated heterocycles. The standard InChI is InChI=1S/C18H11F5N2O2/c19-12-5-6-14(15(20)7-12)16-8-13(25-27-16)9-24-17(26)10-1-3-11(4-2-10)18(21,22)23/h1-8H,9H2,(H,24,26).